The lowest BCUT2D eigenvalue weighted by Crippen LogP contribution is -2.36. The lowest BCUT2D eigenvalue weighted by molar-refractivity contribution is -0.664. The van der Waals surface area contributed by atoms with Gasteiger partial charge in [0.2, 0.25) is 10.5 Å². The number of benzene rings is 4. The molecule has 1 aliphatic carbocycles. The van der Waals surface area contributed by atoms with E-state index in [1.54, 1.807) is 11.8 Å². The number of ketones is 1. The van der Waals surface area contributed by atoms with Crippen molar-refractivity contribution in [2.24, 2.45) is 0 Å². The molecular weight excluding hydrogens is 565 g/mol. The minimum atomic E-state index is 0.203. The SMILES string of the molecule is O=C1C(=C/C=C2\Sc3ccccc3N2Cc2ccccc2)CCC/C1=C\Cc1sc2ccccc2[n+]1Cc1ccccc1. The monoisotopic (exact) mass is 597 g/mol. The maximum atomic E-state index is 13.7. The van der Waals surface area contributed by atoms with Gasteiger partial charge in [0.1, 0.15) is 4.70 Å². The second-order valence-electron chi connectivity index (χ2n) is 11.0. The van der Waals surface area contributed by atoms with Crippen molar-refractivity contribution in [2.75, 3.05) is 4.90 Å². The van der Waals surface area contributed by atoms with Crippen LogP contribution < -0.4 is 9.47 Å². The smallest absolute Gasteiger partial charge is 0.242 e. The maximum Gasteiger partial charge on any atom is 0.242 e. The normalized spacial score (nSPS) is 17.8. The zero-order valence-corrected chi connectivity index (χ0v) is 25.6. The number of Topliss-reactive ketones (excluding diaryl/α,β-unsaturated/α-hetero) is 1. The van der Waals surface area contributed by atoms with Crippen LogP contribution in [0.25, 0.3) is 10.2 Å². The van der Waals surface area contributed by atoms with Crippen molar-refractivity contribution in [2.45, 2.75) is 43.7 Å². The molecule has 4 aromatic carbocycles. The Morgan fingerprint density at radius 2 is 1.44 bits per heavy atom. The highest BCUT2D eigenvalue weighted by atomic mass is 32.2. The van der Waals surface area contributed by atoms with E-state index < -0.39 is 0 Å². The summed E-state index contributed by atoms with van der Waals surface area (Å²) in [4.78, 5) is 17.3. The lowest BCUT2D eigenvalue weighted by Gasteiger charge is -2.21. The van der Waals surface area contributed by atoms with E-state index in [-0.39, 0.29) is 5.78 Å². The molecule has 1 aliphatic heterocycles. The van der Waals surface area contributed by atoms with E-state index in [4.69, 9.17) is 0 Å². The first-order valence-electron chi connectivity index (χ1n) is 14.9. The predicted octanol–water partition coefficient (Wildman–Crippen LogP) is 9.04. The zero-order valence-electron chi connectivity index (χ0n) is 24.0. The lowest BCUT2D eigenvalue weighted by atomic mass is 9.88. The molecule has 5 aromatic rings. The number of fused-ring (bicyclic) bond motifs is 2. The standard InChI is InChI=1S/C38H33N2OS2/c41-38-30(22-24-36-39(26-28-12-3-1-4-13-28)32-18-7-9-20-34(32)42-36)16-11-17-31(38)23-25-37-40(27-29-14-5-2-6-15-29)33-19-8-10-21-35(33)43-37/h1-10,12-15,18-24H,11,16-17,25-27H2/q+1/b30-22?,31-23+,36-24-. The van der Waals surface area contributed by atoms with Gasteiger partial charge in [-0.05, 0) is 60.2 Å². The fraction of sp³-hybridized carbons (Fsp3) is 0.158. The molecule has 0 N–H and O–H groups in total. The number of anilines is 1. The summed E-state index contributed by atoms with van der Waals surface area (Å²) in [7, 11) is 0. The summed E-state index contributed by atoms with van der Waals surface area (Å²) >= 11 is 3.61. The summed E-state index contributed by atoms with van der Waals surface area (Å²) in [5, 5.41) is 2.44. The summed E-state index contributed by atoms with van der Waals surface area (Å²) in [6, 6.07) is 38.4. The Morgan fingerprint density at radius 3 is 2.28 bits per heavy atom. The van der Waals surface area contributed by atoms with Crippen LogP contribution in [0, 0.1) is 0 Å². The van der Waals surface area contributed by atoms with Gasteiger partial charge in [-0.3, -0.25) is 4.79 Å². The van der Waals surface area contributed by atoms with Crippen LogP contribution in [0.4, 0.5) is 5.69 Å². The number of para-hydroxylation sites is 2. The Bertz CT molecular complexity index is 1870. The number of aromatic nitrogens is 1. The van der Waals surface area contributed by atoms with Gasteiger partial charge >= 0.3 is 0 Å². The van der Waals surface area contributed by atoms with Gasteiger partial charge in [-0.25, -0.2) is 0 Å². The van der Waals surface area contributed by atoms with Crippen LogP contribution in [0.3, 0.4) is 0 Å². The molecule has 2 heterocycles. The molecule has 7 rings (SSSR count). The van der Waals surface area contributed by atoms with Gasteiger partial charge in [0.15, 0.2) is 12.3 Å². The number of carbonyl (C=O) groups is 1. The Morgan fingerprint density at radius 1 is 0.744 bits per heavy atom. The maximum absolute atomic E-state index is 13.7. The average molecular weight is 598 g/mol. The highest BCUT2D eigenvalue weighted by Crippen LogP contribution is 2.46. The third-order valence-electron chi connectivity index (χ3n) is 8.11. The molecule has 5 heteroatoms. The molecule has 0 spiro atoms. The summed E-state index contributed by atoms with van der Waals surface area (Å²) in [6.45, 7) is 1.63. The summed E-state index contributed by atoms with van der Waals surface area (Å²) in [5.74, 6) is 0.203. The highest BCUT2D eigenvalue weighted by molar-refractivity contribution is 8.03. The van der Waals surface area contributed by atoms with E-state index >= 15 is 0 Å². The van der Waals surface area contributed by atoms with E-state index in [9.17, 15) is 4.79 Å². The van der Waals surface area contributed by atoms with E-state index in [0.717, 1.165) is 54.9 Å². The van der Waals surface area contributed by atoms with E-state index in [2.05, 4.69) is 137 Å². The minimum Gasteiger partial charge on any atom is -0.331 e. The van der Waals surface area contributed by atoms with E-state index in [1.165, 1.54) is 36.9 Å². The second-order valence-corrected chi connectivity index (χ2v) is 13.2. The molecule has 0 saturated heterocycles. The second kappa shape index (κ2) is 12.6. The number of nitrogens with zero attached hydrogens (tertiary/aromatic N) is 2. The van der Waals surface area contributed by atoms with Crippen LogP contribution in [0.15, 0.2) is 148 Å². The van der Waals surface area contributed by atoms with Crippen LogP contribution in [0.2, 0.25) is 0 Å². The molecule has 0 atom stereocenters. The van der Waals surface area contributed by atoms with Crippen LogP contribution in [-0.2, 0) is 24.3 Å². The molecule has 1 fully saturated rings. The molecule has 0 radical (unpaired) electrons. The van der Waals surface area contributed by atoms with Crippen molar-refractivity contribution < 1.29 is 9.36 Å². The molecule has 0 amide bonds. The van der Waals surface area contributed by atoms with Crippen molar-refractivity contribution in [1.29, 1.82) is 0 Å². The number of allylic oxidation sites excluding steroid dienone is 5. The number of thioether (sulfide) groups is 1. The first-order chi connectivity index (χ1) is 21.2. The summed E-state index contributed by atoms with van der Waals surface area (Å²) in [6.07, 6.45) is 9.86. The Balaban J connectivity index is 1.14. The van der Waals surface area contributed by atoms with Crippen LogP contribution in [-0.4, -0.2) is 5.78 Å². The Hall–Kier alpha value is -4.19. The van der Waals surface area contributed by atoms with Gasteiger partial charge < -0.3 is 4.90 Å². The molecule has 2 aliphatic rings. The van der Waals surface area contributed by atoms with Gasteiger partial charge in [-0.2, -0.15) is 4.57 Å². The van der Waals surface area contributed by atoms with Crippen molar-refractivity contribution >= 4 is 44.8 Å². The van der Waals surface area contributed by atoms with Gasteiger partial charge in [0, 0.05) is 23.1 Å². The fourth-order valence-corrected chi connectivity index (χ4v) is 8.11. The molecule has 0 bridgehead atoms. The van der Waals surface area contributed by atoms with Gasteiger partial charge in [-0.1, -0.05) is 120 Å². The van der Waals surface area contributed by atoms with Crippen LogP contribution in [0.5, 0.6) is 0 Å². The molecule has 1 saturated carbocycles. The molecule has 3 nitrogen and oxygen atoms in total. The van der Waals surface area contributed by atoms with E-state index in [1.807, 2.05) is 11.3 Å². The molecule has 0 unspecified atom stereocenters. The quantitative estimate of drug-likeness (QED) is 0.138. The van der Waals surface area contributed by atoms with Gasteiger partial charge in [-0.15, -0.1) is 0 Å². The molecule has 212 valence electrons. The summed E-state index contributed by atoms with van der Waals surface area (Å²) < 4.78 is 3.70. The first kappa shape index (κ1) is 27.6. The number of thiazole rings is 1. The Labute approximate surface area is 261 Å². The van der Waals surface area contributed by atoms with Gasteiger partial charge in [0.05, 0.1) is 17.1 Å². The average Bonchev–Trinajstić information content (AvgIpc) is 3.58. The topological polar surface area (TPSA) is 24.2 Å². The van der Waals surface area contributed by atoms with Crippen LogP contribution >= 0.6 is 23.1 Å². The summed E-state index contributed by atoms with van der Waals surface area (Å²) in [5.41, 5.74) is 6.89. The third-order valence-corrected chi connectivity index (χ3v) is 10.4. The largest absolute Gasteiger partial charge is 0.331 e. The molecule has 43 heavy (non-hydrogen) atoms. The van der Waals surface area contributed by atoms with Crippen molar-refractivity contribution in [3.63, 3.8) is 0 Å². The Kier molecular flexibility index (Phi) is 8.09. The zero-order chi connectivity index (χ0) is 29.0. The van der Waals surface area contributed by atoms with Crippen molar-refractivity contribution in [3.05, 3.63) is 160 Å². The van der Waals surface area contributed by atoms with Crippen molar-refractivity contribution in [1.82, 2.24) is 0 Å². The van der Waals surface area contributed by atoms with Crippen molar-refractivity contribution in [3.8, 4) is 0 Å². The van der Waals surface area contributed by atoms with Crippen LogP contribution in [0.1, 0.15) is 35.4 Å². The molecular formula is C38H33N2OS2+. The number of hydrogen-bond acceptors (Lipinski definition) is 4. The van der Waals surface area contributed by atoms with E-state index in [0.29, 0.717) is 0 Å². The van der Waals surface area contributed by atoms with Gasteiger partial charge in [0.25, 0.3) is 0 Å². The first-order valence-corrected chi connectivity index (χ1v) is 16.5. The highest BCUT2D eigenvalue weighted by Gasteiger charge is 2.26. The third kappa shape index (κ3) is 6.01. The number of carbonyl (C=O) groups excluding carboxylic acids is 1. The fourth-order valence-electron chi connectivity index (χ4n) is 5.92. The number of rotatable bonds is 7. The minimum absolute atomic E-state index is 0.203. The predicted molar refractivity (Wildman–Crippen MR) is 179 cm³/mol. The number of hydrogen-bond donors (Lipinski definition) is 0. The molecule has 1 aromatic heterocycles.